The van der Waals surface area contributed by atoms with Gasteiger partial charge in [0.25, 0.3) is 5.91 Å². The summed E-state index contributed by atoms with van der Waals surface area (Å²) in [5, 5.41) is 3.10. The lowest BCUT2D eigenvalue weighted by Gasteiger charge is -2.31. The zero-order valence-corrected chi connectivity index (χ0v) is 19.7. The fourth-order valence-corrected chi connectivity index (χ4v) is 5.28. The number of sulfonamides is 1. The number of aryl methyl sites for hydroxylation is 2. The topological polar surface area (TPSA) is 69.7 Å². The van der Waals surface area contributed by atoms with Crippen molar-refractivity contribution in [1.82, 2.24) is 14.5 Å². The van der Waals surface area contributed by atoms with E-state index in [0.717, 1.165) is 25.1 Å². The summed E-state index contributed by atoms with van der Waals surface area (Å²) in [6, 6.07) is 13.1. The number of hydrogen-bond donors (Lipinski definition) is 1. The van der Waals surface area contributed by atoms with E-state index < -0.39 is 10.0 Å². The first kappa shape index (κ1) is 23.4. The van der Waals surface area contributed by atoms with Crippen LogP contribution in [-0.4, -0.2) is 56.8 Å². The summed E-state index contributed by atoms with van der Waals surface area (Å²) in [6.45, 7) is 8.74. The highest BCUT2D eigenvalue weighted by Gasteiger charge is 2.26. The van der Waals surface area contributed by atoms with E-state index in [9.17, 15) is 13.2 Å². The van der Waals surface area contributed by atoms with Crippen LogP contribution in [0, 0.1) is 13.8 Å². The van der Waals surface area contributed by atoms with Crippen LogP contribution >= 0.6 is 0 Å². The Labute approximate surface area is 186 Å². The standard InChI is InChI=1S/C24H33N3O3S/c1-5-23(22-9-6-18(2)19(3)16-22)25-24(28)21-10-7-20(8-11-21)17-31(29,30)27-14-12-26(4)13-15-27/h6-11,16,23H,5,12-15,17H2,1-4H3,(H,25,28)/t23-/m1/s1. The van der Waals surface area contributed by atoms with Crippen molar-refractivity contribution >= 4 is 15.9 Å². The van der Waals surface area contributed by atoms with E-state index in [0.29, 0.717) is 24.2 Å². The quantitative estimate of drug-likeness (QED) is 0.713. The van der Waals surface area contributed by atoms with Gasteiger partial charge < -0.3 is 10.2 Å². The van der Waals surface area contributed by atoms with Gasteiger partial charge in [0.05, 0.1) is 11.8 Å². The van der Waals surface area contributed by atoms with Crippen molar-refractivity contribution in [2.24, 2.45) is 0 Å². The highest BCUT2D eigenvalue weighted by atomic mass is 32.2. The van der Waals surface area contributed by atoms with Gasteiger partial charge in [-0.2, -0.15) is 4.31 Å². The minimum Gasteiger partial charge on any atom is -0.345 e. The van der Waals surface area contributed by atoms with E-state index in [1.54, 1.807) is 28.6 Å². The Bertz CT molecular complexity index is 1010. The third-order valence-electron chi connectivity index (χ3n) is 6.07. The van der Waals surface area contributed by atoms with Gasteiger partial charge >= 0.3 is 0 Å². The fourth-order valence-electron chi connectivity index (χ4n) is 3.76. The average molecular weight is 444 g/mol. The molecule has 7 heteroatoms. The zero-order chi connectivity index (χ0) is 22.6. The van der Waals surface area contributed by atoms with Gasteiger partial charge in [-0.15, -0.1) is 0 Å². The van der Waals surface area contributed by atoms with Crippen molar-refractivity contribution in [2.75, 3.05) is 33.2 Å². The van der Waals surface area contributed by atoms with Crippen molar-refractivity contribution in [1.29, 1.82) is 0 Å². The van der Waals surface area contributed by atoms with Crippen LogP contribution in [0.25, 0.3) is 0 Å². The molecule has 31 heavy (non-hydrogen) atoms. The molecule has 6 nitrogen and oxygen atoms in total. The second-order valence-electron chi connectivity index (χ2n) is 8.43. The monoisotopic (exact) mass is 443 g/mol. The zero-order valence-electron chi connectivity index (χ0n) is 18.9. The summed E-state index contributed by atoms with van der Waals surface area (Å²) in [7, 11) is -1.36. The number of nitrogens with zero attached hydrogens (tertiary/aromatic N) is 2. The molecule has 2 aromatic rings. The van der Waals surface area contributed by atoms with Crippen LogP contribution in [-0.2, 0) is 15.8 Å². The van der Waals surface area contributed by atoms with Crippen molar-refractivity contribution < 1.29 is 13.2 Å². The summed E-state index contributed by atoms with van der Waals surface area (Å²) < 4.78 is 27.0. The predicted octanol–water partition coefficient (Wildman–Crippen LogP) is 3.26. The molecule has 0 aliphatic carbocycles. The van der Waals surface area contributed by atoms with Crippen LogP contribution in [0.15, 0.2) is 42.5 Å². The molecule has 2 aromatic carbocycles. The van der Waals surface area contributed by atoms with Crippen LogP contribution in [0.2, 0.25) is 0 Å². The molecule has 1 aliphatic rings. The van der Waals surface area contributed by atoms with Crippen molar-refractivity contribution in [3.05, 3.63) is 70.3 Å². The van der Waals surface area contributed by atoms with E-state index in [1.165, 1.54) is 11.1 Å². The van der Waals surface area contributed by atoms with Crippen LogP contribution in [0.5, 0.6) is 0 Å². The van der Waals surface area contributed by atoms with E-state index >= 15 is 0 Å². The number of nitrogens with one attached hydrogen (secondary N) is 1. The smallest absolute Gasteiger partial charge is 0.251 e. The number of hydrogen-bond acceptors (Lipinski definition) is 4. The average Bonchev–Trinajstić information content (AvgIpc) is 2.74. The molecule has 0 spiro atoms. The summed E-state index contributed by atoms with van der Waals surface area (Å²) in [6.07, 6.45) is 0.787. The number of rotatable bonds is 7. The van der Waals surface area contributed by atoms with Gasteiger partial charge in [0.1, 0.15) is 0 Å². The lowest BCUT2D eigenvalue weighted by molar-refractivity contribution is 0.0935. The molecule has 1 aliphatic heterocycles. The largest absolute Gasteiger partial charge is 0.345 e. The molecule has 1 fully saturated rings. The van der Waals surface area contributed by atoms with Gasteiger partial charge in [-0.1, -0.05) is 37.3 Å². The van der Waals surface area contributed by atoms with Gasteiger partial charge in [-0.25, -0.2) is 8.42 Å². The van der Waals surface area contributed by atoms with Crippen LogP contribution in [0.1, 0.15) is 52.0 Å². The van der Waals surface area contributed by atoms with E-state index in [2.05, 4.69) is 42.3 Å². The number of benzene rings is 2. The normalized spacial score (nSPS) is 16.8. The molecule has 1 amide bonds. The number of likely N-dealkylation sites (N-methyl/N-ethyl adjacent to an activating group) is 1. The van der Waals surface area contributed by atoms with E-state index in [4.69, 9.17) is 0 Å². The molecular weight excluding hydrogens is 410 g/mol. The third-order valence-corrected chi connectivity index (χ3v) is 7.92. The minimum absolute atomic E-state index is 0.0428. The van der Waals surface area contributed by atoms with Crippen LogP contribution < -0.4 is 5.32 Å². The number of amides is 1. The van der Waals surface area contributed by atoms with Gasteiger partial charge in [-0.05, 0) is 61.7 Å². The van der Waals surface area contributed by atoms with Gasteiger partial charge in [0, 0.05) is 31.7 Å². The Morgan fingerprint density at radius 2 is 1.65 bits per heavy atom. The molecule has 1 heterocycles. The van der Waals surface area contributed by atoms with Gasteiger partial charge in [-0.3, -0.25) is 4.79 Å². The minimum atomic E-state index is -3.35. The summed E-state index contributed by atoms with van der Waals surface area (Å²) >= 11 is 0. The SMILES string of the molecule is CC[C@@H](NC(=O)c1ccc(CS(=O)(=O)N2CCN(C)CC2)cc1)c1ccc(C)c(C)c1. The third kappa shape index (κ3) is 5.93. The first-order valence-corrected chi connectivity index (χ1v) is 12.4. The van der Waals surface area contributed by atoms with Crippen molar-refractivity contribution in [2.45, 2.75) is 39.0 Å². The number of carbonyl (C=O) groups excluding carboxylic acids is 1. The summed E-state index contributed by atoms with van der Waals surface area (Å²) in [5.74, 6) is -0.197. The molecule has 1 saturated heterocycles. The first-order valence-electron chi connectivity index (χ1n) is 10.8. The van der Waals surface area contributed by atoms with E-state index in [1.807, 2.05) is 14.0 Å². The summed E-state index contributed by atoms with van der Waals surface area (Å²) in [4.78, 5) is 14.9. The molecule has 0 radical (unpaired) electrons. The fraction of sp³-hybridized carbons (Fsp3) is 0.458. The molecule has 0 aromatic heterocycles. The second kappa shape index (κ2) is 9.94. The van der Waals surface area contributed by atoms with Crippen LogP contribution in [0.3, 0.4) is 0 Å². The molecule has 1 N–H and O–H groups in total. The van der Waals surface area contributed by atoms with E-state index in [-0.39, 0.29) is 17.7 Å². The highest BCUT2D eigenvalue weighted by Crippen LogP contribution is 2.21. The maximum Gasteiger partial charge on any atom is 0.251 e. The lowest BCUT2D eigenvalue weighted by atomic mass is 9.99. The number of carbonyl (C=O) groups is 1. The maximum atomic E-state index is 12.8. The van der Waals surface area contributed by atoms with Crippen LogP contribution in [0.4, 0.5) is 0 Å². The number of piperazine rings is 1. The van der Waals surface area contributed by atoms with Crippen molar-refractivity contribution in [3.63, 3.8) is 0 Å². The Balaban J connectivity index is 1.64. The molecule has 0 bridgehead atoms. The molecular formula is C24H33N3O3S. The summed E-state index contributed by atoms with van der Waals surface area (Å²) in [5.41, 5.74) is 4.75. The molecule has 1 atom stereocenters. The highest BCUT2D eigenvalue weighted by molar-refractivity contribution is 7.88. The maximum absolute atomic E-state index is 12.8. The lowest BCUT2D eigenvalue weighted by Crippen LogP contribution is -2.47. The molecule has 168 valence electrons. The Hall–Kier alpha value is -2.22. The second-order valence-corrected chi connectivity index (χ2v) is 10.4. The first-order chi connectivity index (χ1) is 14.7. The van der Waals surface area contributed by atoms with Crippen molar-refractivity contribution in [3.8, 4) is 0 Å². The Morgan fingerprint density at radius 3 is 2.23 bits per heavy atom. The predicted molar refractivity (Wildman–Crippen MR) is 125 cm³/mol. The Morgan fingerprint density at radius 1 is 1.00 bits per heavy atom. The van der Waals surface area contributed by atoms with Gasteiger partial charge in [0.2, 0.25) is 10.0 Å². The van der Waals surface area contributed by atoms with Gasteiger partial charge in [0.15, 0.2) is 0 Å². The molecule has 0 saturated carbocycles. The molecule has 0 unspecified atom stereocenters. The Kier molecular flexibility index (Phi) is 7.51. The molecule has 3 rings (SSSR count).